The fourth-order valence-electron chi connectivity index (χ4n) is 4.40. The molecule has 0 amide bonds. The largest absolute Gasteiger partial charge is 0.486 e. The Balaban J connectivity index is 1.32. The van der Waals surface area contributed by atoms with Gasteiger partial charge in [0.2, 0.25) is 0 Å². The monoisotopic (exact) mass is 482 g/mol. The number of hydrogen-bond donors (Lipinski definition) is 1. The van der Waals surface area contributed by atoms with Crippen LogP contribution >= 0.6 is 23.4 Å². The molecule has 4 aromatic rings. The zero-order valence-corrected chi connectivity index (χ0v) is 19.5. The standard InChI is InChI=1S/C24H23ClN4O3S/c25-19-10-15(11-21-22(19)32-9-8-31-21)14-33-24-28-27-23(29(24)13-16-4-3-7-30-16)18-12-26-20-6-2-1-5-17(18)20/h1-2,5-6,10-12,16,26H,3-4,7-9,13-14H2. The number of aromatic nitrogens is 4. The number of hydrogen-bond acceptors (Lipinski definition) is 6. The molecule has 0 bridgehead atoms. The number of aromatic amines is 1. The van der Waals surface area contributed by atoms with Gasteiger partial charge in [-0.25, -0.2) is 0 Å². The summed E-state index contributed by atoms with van der Waals surface area (Å²) in [6.07, 6.45) is 4.32. The zero-order valence-electron chi connectivity index (χ0n) is 17.9. The van der Waals surface area contributed by atoms with Crippen molar-refractivity contribution in [3.8, 4) is 22.9 Å². The summed E-state index contributed by atoms with van der Waals surface area (Å²) in [7, 11) is 0. The quantitative estimate of drug-likeness (QED) is 0.375. The molecule has 9 heteroatoms. The average molecular weight is 483 g/mol. The van der Waals surface area contributed by atoms with Crippen molar-refractivity contribution in [2.24, 2.45) is 0 Å². The maximum Gasteiger partial charge on any atom is 0.191 e. The highest BCUT2D eigenvalue weighted by atomic mass is 35.5. The van der Waals surface area contributed by atoms with Crippen LogP contribution in [-0.2, 0) is 17.0 Å². The Kier molecular flexibility index (Phi) is 5.65. The molecule has 33 heavy (non-hydrogen) atoms. The Morgan fingerprint density at radius 1 is 1.12 bits per heavy atom. The first-order chi connectivity index (χ1) is 16.3. The highest BCUT2D eigenvalue weighted by Crippen LogP contribution is 2.40. The molecule has 1 N–H and O–H groups in total. The number of benzene rings is 2. The lowest BCUT2D eigenvalue weighted by atomic mass is 10.1. The second-order valence-corrected chi connectivity index (χ2v) is 9.54. The molecular weight excluding hydrogens is 460 g/mol. The molecule has 7 nitrogen and oxygen atoms in total. The molecule has 1 atom stereocenters. The number of ether oxygens (including phenoxy) is 3. The van der Waals surface area contributed by atoms with Gasteiger partial charge in [-0.15, -0.1) is 10.2 Å². The molecule has 2 aliphatic heterocycles. The van der Waals surface area contributed by atoms with Crippen molar-refractivity contribution in [1.82, 2.24) is 19.7 Å². The van der Waals surface area contributed by atoms with Gasteiger partial charge in [-0.05, 0) is 36.6 Å². The summed E-state index contributed by atoms with van der Waals surface area (Å²) in [5.41, 5.74) is 3.18. The van der Waals surface area contributed by atoms with E-state index < -0.39 is 0 Å². The van der Waals surface area contributed by atoms with Crippen LogP contribution in [0.5, 0.6) is 11.5 Å². The molecule has 0 radical (unpaired) electrons. The van der Waals surface area contributed by atoms with Crippen molar-refractivity contribution in [2.75, 3.05) is 19.8 Å². The minimum Gasteiger partial charge on any atom is -0.486 e. The Hall–Kier alpha value is -2.68. The Bertz CT molecular complexity index is 1300. The van der Waals surface area contributed by atoms with E-state index in [0.29, 0.717) is 35.5 Å². The van der Waals surface area contributed by atoms with Crippen molar-refractivity contribution in [1.29, 1.82) is 0 Å². The highest BCUT2D eigenvalue weighted by molar-refractivity contribution is 7.98. The lowest BCUT2D eigenvalue weighted by Crippen LogP contribution is -2.16. The van der Waals surface area contributed by atoms with Crippen molar-refractivity contribution in [3.05, 3.63) is 53.2 Å². The SMILES string of the molecule is Clc1cc(CSc2nnc(-c3c[nH]c4ccccc34)n2CC2CCCO2)cc2c1OCCO2. The first-order valence-electron chi connectivity index (χ1n) is 11.1. The van der Waals surface area contributed by atoms with Crippen molar-refractivity contribution >= 4 is 34.3 Å². The van der Waals surface area contributed by atoms with Gasteiger partial charge < -0.3 is 19.2 Å². The molecule has 170 valence electrons. The van der Waals surface area contributed by atoms with Crippen LogP contribution in [0.15, 0.2) is 47.8 Å². The molecule has 4 heterocycles. The summed E-state index contributed by atoms with van der Waals surface area (Å²) >= 11 is 8.07. The van der Waals surface area contributed by atoms with Gasteiger partial charge in [0.15, 0.2) is 22.5 Å². The first-order valence-corrected chi connectivity index (χ1v) is 12.4. The summed E-state index contributed by atoms with van der Waals surface area (Å²) in [6, 6.07) is 12.2. The van der Waals surface area contributed by atoms with Gasteiger partial charge in [-0.2, -0.15) is 0 Å². The molecule has 1 fully saturated rings. The number of rotatable bonds is 6. The maximum absolute atomic E-state index is 6.43. The first kappa shape index (κ1) is 20.9. The molecule has 0 spiro atoms. The van der Waals surface area contributed by atoms with Crippen LogP contribution in [0.3, 0.4) is 0 Å². The number of nitrogens with zero attached hydrogens (tertiary/aromatic N) is 3. The molecule has 2 aromatic heterocycles. The Morgan fingerprint density at radius 2 is 2.03 bits per heavy atom. The lowest BCUT2D eigenvalue weighted by molar-refractivity contribution is 0.0953. The van der Waals surface area contributed by atoms with Crippen molar-refractivity contribution in [2.45, 2.75) is 36.4 Å². The number of H-pyrrole nitrogens is 1. The zero-order chi connectivity index (χ0) is 22.2. The summed E-state index contributed by atoms with van der Waals surface area (Å²) in [6.45, 7) is 2.59. The van der Waals surface area contributed by atoms with Gasteiger partial charge in [0.05, 0.1) is 17.7 Å². The molecule has 0 aliphatic carbocycles. The summed E-state index contributed by atoms with van der Waals surface area (Å²) in [5.74, 6) is 2.86. The van der Waals surface area contributed by atoms with E-state index in [2.05, 4.69) is 31.9 Å². The van der Waals surface area contributed by atoms with Crippen LogP contribution in [0.2, 0.25) is 5.02 Å². The lowest BCUT2D eigenvalue weighted by Gasteiger charge is -2.20. The minimum atomic E-state index is 0.174. The summed E-state index contributed by atoms with van der Waals surface area (Å²) in [4.78, 5) is 3.35. The highest BCUT2D eigenvalue weighted by Gasteiger charge is 2.24. The van der Waals surface area contributed by atoms with Crippen LogP contribution in [0, 0.1) is 0 Å². The fourth-order valence-corrected chi connectivity index (χ4v) is 5.57. The maximum atomic E-state index is 6.43. The van der Waals surface area contributed by atoms with E-state index in [-0.39, 0.29) is 6.10 Å². The van der Waals surface area contributed by atoms with Crippen molar-refractivity contribution < 1.29 is 14.2 Å². The van der Waals surface area contributed by atoms with Crippen LogP contribution < -0.4 is 9.47 Å². The number of halogens is 1. The van der Waals surface area contributed by atoms with Gasteiger partial charge >= 0.3 is 0 Å². The third kappa shape index (κ3) is 4.07. The average Bonchev–Trinajstić information content (AvgIpc) is 3.58. The fraction of sp³-hybridized carbons (Fsp3) is 0.333. The van der Waals surface area contributed by atoms with Gasteiger partial charge in [0.25, 0.3) is 0 Å². The summed E-state index contributed by atoms with van der Waals surface area (Å²) in [5, 5.41) is 11.7. The number of nitrogens with one attached hydrogen (secondary N) is 1. The molecule has 2 aliphatic rings. The minimum absolute atomic E-state index is 0.174. The predicted molar refractivity (Wildman–Crippen MR) is 128 cm³/mol. The molecule has 6 rings (SSSR count). The number of fused-ring (bicyclic) bond motifs is 2. The second-order valence-electron chi connectivity index (χ2n) is 8.19. The van der Waals surface area contributed by atoms with E-state index in [1.807, 2.05) is 30.5 Å². The predicted octanol–water partition coefficient (Wildman–Crippen LogP) is 5.32. The molecule has 0 saturated carbocycles. The molecule has 1 saturated heterocycles. The summed E-state index contributed by atoms with van der Waals surface area (Å²) < 4.78 is 19.5. The topological polar surface area (TPSA) is 74.2 Å². The van der Waals surface area contributed by atoms with Gasteiger partial charge in [0.1, 0.15) is 13.2 Å². The second kappa shape index (κ2) is 8.93. The van der Waals surface area contributed by atoms with Crippen LogP contribution in [-0.4, -0.2) is 45.7 Å². The van der Waals surface area contributed by atoms with Gasteiger partial charge in [-0.3, -0.25) is 4.57 Å². The van der Waals surface area contributed by atoms with Crippen LogP contribution in [0.1, 0.15) is 18.4 Å². The molecule has 1 unspecified atom stereocenters. The van der Waals surface area contributed by atoms with Crippen molar-refractivity contribution in [3.63, 3.8) is 0 Å². The third-order valence-corrected chi connectivity index (χ3v) is 7.30. The van der Waals surface area contributed by atoms with Gasteiger partial charge in [0, 0.05) is 35.0 Å². The molecular formula is C24H23ClN4O3S. The van der Waals surface area contributed by atoms with E-state index in [1.54, 1.807) is 11.8 Å². The van der Waals surface area contributed by atoms with E-state index in [1.165, 1.54) is 0 Å². The van der Waals surface area contributed by atoms with E-state index >= 15 is 0 Å². The van der Waals surface area contributed by atoms with Crippen LogP contribution in [0.25, 0.3) is 22.3 Å². The normalized spacial score (nSPS) is 17.7. The van der Waals surface area contributed by atoms with Crippen LogP contribution in [0.4, 0.5) is 0 Å². The Morgan fingerprint density at radius 3 is 2.94 bits per heavy atom. The van der Waals surface area contributed by atoms with Gasteiger partial charge in [-0.1, -0.05) is 41.6 Å². The number of thioether (sulfide) groups is 1. The Labute approximate surface area is 200 Å². The third-order valence-electron chi connectivity index (χ3n) is 5.98. The van der Waals surface area contributed by atoms with E-state index in [9.17, 15) is 0 Å². The molecule has 2 aromatic carbocycles. The van der Waals surface area contributed by atoms with E-state index in [4.69, 9.17) is 25.8 Å². The van der Waals surface area contributed by atoms with E-state index in [0.717, 1.165) is 59.0 Å². The number of para-hydroxylation sites is 1. The smallest absolute Gasteiger partial charge is 0.191 e.